The van der Waals surface area contributed by atoms with Crippen molar-refractivity contribution in [2.24, 2.45) is 0 Å². The van der Waals surface area contributed by atoms with Crippen LogP contribution in [0.2, 0.25) is 0 Å². The van der Waals surface area contributed by atoms with Gasteiger partial charge in [0.2, 0.25) is 0 Å². The van der Waals surface area contributed by atoms with Crippen molar-refractivity contribution >= 4 is 0 Å². The van der Waals surface area contributed by atoms with Gasteiger partial charge in [-0.05, 0) is 44.4 Å². The molecule has 0 N–H and O–H groups in total. The van der Waals surface area contributed by atoms with Crippen molar-refractivity contribution in [3.05, 3.63) is 30.7 Å². The Morgan fingerprint density at radius 1 is 1.07 bits per heavy atom. The third-order valence-corrected chi connectivity index (χ3v) is 2.09. The number of hydrogen-bond acceptors (Lipinski definition) is 2. The fraction of sp³-hybridized carbons (Fsp3) is 0.462. The van der Waals surface area contributed by atoms with Gasteiger partial charge in [0.1, 0.15) is 11.5 Å². The Morgan fingerprint density at radius 3 is 1.87 bits per heavy atom. The summed E-state index contributed by atoms with van der Waals surface area (Å²) < 4.78 is 11.0. The SMILES string of the molecule is [CH2]C(C)c1cc(OCC)cc(OCC)c1. The van der Waals surface area contributed by atoms with E-state index in [1.165, 1.54) is 0 Å². The lowest BCUT2D eigenvalue weighted by atomic mass is 10.0. The Labute approximate surface area is 92.2 Å². The molecule has 0 bridgehead atoms. The zero-order valence-corrected chi connectivity index (χ0v) is 9.75. The highest BCUT2D eigenvalue weighted by Gasteiger charge is 2.05. The number of benzene rings is 1. The number of hydrogen-bond donors (Lipinski definition) is 0. The first kappa shape index (κ1) is 11.9. The zero-order chi connectivity index (χ0) is 11.3. The van der Waals surface area contributed by atoms with Gasteiger partial charge in [-0.1, -0.05) is 6.92 Å². The lowest BCUT2D eigenvalue weighted by molar-refractivity contribution is 0.322. The quantitative estimate of drug-likeness (QED) is 0.736. The smallest absolute Gasteiger partial charge is 0.123 e. The Morgan fingerprint density at radius 2 is 1.53 bits per heavy atom. The molecular weight excluding hydrogens is 188 g/mol. The third-order valence-electron chi connectivity index (χ3n) is 2.09. The lowest BCUT2D eigenvalue weighted by Crippen LogP contribution is -1.98. The normalized spacial score (nSPS) is 10.5. The summed E-state index contributed by atoms with van der Waals surface area (Å²) >= 11 is 0. The molecule has 15 heavy (non-hydrogen) atoms. The maximum atomic E-state index is 5.48. The largest absolute Gasteiger partial charge is 0.494 e. The highest BCUT2D eigenvalue weighted by molar-refractivity contribution is 5.40. The molecule has 1 rings (SSSR count). The Bertz CT molecular complexity index is 281. The second-order valence-electron chi connectivity index (χ2n) is 3.50. The molecule has 0 aliphatic heterocycles. The van der Waals surface area contributed by atoms with Crippen LogP contribution in [0.3, 0.4) is 0 Å². The number of rotatable bonds is 5. The second kappa shape index (κ2) is 5.64. The van der Waals surface area contributed by atoms with E-state index in [9.17, 15) is 0 Å². The predicted molar refractivity (Wildman–Crippen MR) is 62.6 cm³/mol. The van der Waals surface area contributed by atoms with Gasteiger partial charge in [-0.2, -0.15) is 0 Å². The van der Waals surface area contributed by atoms with Crippen molar-refractivity contribution in [2.75, 3.05) is 13.2 Å². The molecule has 0 saturated heterocycles. The Hall–Kier alpha value is -1.18. The van der Waals surface area contributed by atoms with Crippen molar-refractivity contribution in [1.82, 2.24) is 0 Å². The van der Waals surface area contributed by atoms with Crippen LogP contribution in [-0.2, 0) is 0 Å². The molecule has 1 aromatic carbocycles. The first-order valence-corrected chi connectivity index (χ1v) is 5.41. The topological polar surface area (TPSA) is 18.5 Å². The molecule has 83 valence electrons. The van der Waals surface area contributed by atoms with Gasteiger partial charge in [0.15, 0.2) is 0 Å². The van der Waals surface area contributed by atoms with Crippen LogP contribution in [0, 0.1) is 6.92 Å². The van der Waals surface area contributed by atoms with E-state index in [2.05, 4.69) is 13.8 Å². The summed E-state index contributed by atoms with van der Waals surface area (Å²) in [4.78, 5) is 0. The van der Waals surface area contributed by atoms with E-state index in [0.29, 0.717) is 13.2 Å². The van der Waals surface area contributed by atoms with Crippen LogP contribution >= 0.6 is 0 Å². The minimum atomic E-state index is 0.240. The summed E-state index contributed by atoms with van der Waals surface area (Å²) in [5.41, 5.74) is 1.14. The van der Waals surface area contributed by atoms with Crippen LogP contribution in [0.25, 0.3) is 0 Å². The van der Waals surface area contributed by atoms with Crippen molar-refractivity contribution < 1.29 is 9.47 Å². The Kier molecular flexibility index (Phi) is 4.47. The van der Waals surface area contributed by atoms with Gasteiger partial charge < -0.3 is 9.47 Å². The van der Waals surface area contributed by atoms with Gasteiger partial charge in [0, 0.05) is 6.07 Å². The van der Waals surface area contributed by atoms with E-state index in [1.54, 1.807) is 0 Å². The van der Waals surface area contributed by atoms with Crippen molar-refractivity contribution in [2.45, 2.75) is 26.7 Å². The maximum Gasteiger partial charge on any atom is 0.123 e. The fourth-order valence-electron chi connectivity index (χ4n) is 1.38. The van der Waals surface area contributed by atoms with E-state index in [4.69, 9.17) is 9.47 Å². The van der Waals surface area contributed by atoms with Crippen LogP contribution < -0.4 is 9.47 Å². The van der Waals surface area contributed by atoms with Gasteiger partial charge in [0.25, 0.3) is 0 Å². The number of ether oxygens (including phenoxy) is 2. The summed E-state index contributed by atoms with van der Waals surface area (Å²) in [6.45, 7) is 11.3. The van der Waals surface area contributed by atoms with Crippen LogP contribution in [-0.4, -0.2) is 13.2 Å². The molecule has 1 unspecified atom stereocenters. The van der Waals surface area contributed by atoms with E-state index >= 15 is 0 Å². The maximum absolute atomic E-state index is 5.48. The van der Waals surface area contributed by atoms with Gasteiger partial charge in [-0.15, -0.1) is 0 Å². The molecule has 0 aromatic heterocycles. The lowest BCUT2D eigenvalue weighted by Gasteiger charge is -2.12. The zero-order valence-electron chi connectivity index (χ0n) is 9.75. The molecule has 0 saturated carbocycles. The minimum Gasteiger partial charge on any atom is -0.494 e. The second-order valence-corrected chi connectivity index (χ2v) is 3.50. The molecule has 0 spiro atoms. The van der Waals surface area contributed by atoms with E-state index in [1.807, 2.05) is 32.0 Å². The van der Waals surface area contributed by atoms with Crippen LogP contribution in [0.4, 0.5) is 0 Å². The van der Waals surface area contributed by atoms with Crippen LogP contribution in [0.5, 0.6) is 11.5 Å². The average molecular weight is 207 g/mol. The standard InChI is InChI=1S/C13H19O2/c1-5-14-12-7-11(10(3)4)8-13(9-12)15-6-2/h7-10H,3,5-6H2,1-2,4H3. The molecule has 0 aliphatic carbocycles. The first-order chi connectivity index (χ1) is 7.17. The predicted octanol–water partition coefficient (Wildman–Crippen LogP) is 3.42. The van der Waals surface area contributed by atoms with E-state index < -0.39 is 0 Å². The van der Waals surface area contributed by atoms with Crippen molar-refractivity contribution in [3.8, 4) is 11.5 Å². The van der Waals surface area contributed by atoms with Crippen molar-refractivity contribution in [3.63, 3.8) is 0 Å². The highest BCUT2D eigenvalue weighted by Crippen LogP contribution is 2.27. The summed E-state index contributed by atoms with van der Waals surface area (Å²) in [7, 11) is 0. The first-order valence-electron chi connectivity index (χ1n) is 5.41. The van der Waals surface area contributed by atoms with Gasteiger partial charge in [0.05, 0.1) is 13.2 Å². The molecule has 1 atom stereocenters. The highest BCUT2D eigenvalue weighted by atomic mass is 16.5. The molecular formula is C13H19O2. The molecule has 0 fully saturated rings. The van der Waals surface area contributed by atoms with E-state index in [-0.39, 0.29) is 5.92 Å². The summed E-state index contributed by atoms with van der Waals surface area (Å²) in [6, 6.07) is 5.95. The van der Waals surface area contributed by atoms with Crippen LogP contribution in [0.1, 0.15) is 32.3 Å². The third kappa shape index (κ3) is 3.46. The molecule has 1 aromatic rings. The van der Waals surface area contributed by atoms with Crippen molar-refractivity contribution in [1.29, 1.82) is 0 Å². The van der Waals surface area contributed by atoms with Gasteiger partial charge in [-0.3, -0.25) is 0 Å². The summed E-state index contributed by atoms with van der Waals surface area (Å²) in [5, 5.41) is 0. The Balaban J connectivity index is 2.97. The molecule has 0 heterocycles. The molecule has 0 amide bonds. The molecule has 2 nitrogen and oxygen atoms in total. The molecule has 1 radical (unpaired) electrons. The summed E-state index contributed by atoms with van der Waals surface area (Å²) in [5.74, 6) is 1.95. The van der Waals surface area contributed by atoms with Gasteiger partial charge >= 0.3 is 0 Å². The van der Waals surface area contributed by atoms with E-state index in [0.717, 1.165) is 17.1 Å². The fourth-order valence-corrected chi connectivity index (χ4v) is 1.38. The van der Waals surface area contributed by atoms with Gasteiger partial charge in [-0.25, -0.2) is 0 Å². The van der Waals surface area contributed by atoms with Crippen LogP contribution in [0.15, 0.2) is 18.2 Å². The minimum absolute atomic E-state index is 0.240. The molecule has 2 heteroatoms. The summed E-state index contributed by atoms with van der Waals surface area (Å²) in [6.07, 6.45) is 0. The molecule has 0 aliphatic rings. The monoisotopic (exact) mass is 207 g/mol. The average Bonchev–Trinajstić information content (AvgIpc) is 2.18.